The van der Waals surface area contributed by atoms with Crippen LogP contribution >= 0.6 is 0 Å². The van der Waals surface area contributed by atoms with Crippen molar-refractivity contribution >= 4 is 5.91 Å². The Hall–Kier alpha value is -1.63. The Labute approximate surface area is 124 Å². The van der Waals surface area contributed by atoms with Gasteiger partial charge in [-0.05, 0) is 26.2 Å². The number of unbranched alkanes of at least 4 members (excludes halogenated alkanes) is 1. The normalized spacial score (nSPS) is 20.5. The van der Waals surface area contributed by atoms with E-state index in [-0.39, 0.29) is 17.5 Å². The van der Waals surface area contributed by atoms with E-state index < -0.39 is 6.10 Å². The highest BCUT2D eigenvalue weighted by Crippen LogP contribution is 2.24. The minimum atomic E-state index is -0.409. The van der Waals surface area contributed by atoms with Crippen LogP contribution in [0.4, 0.5) is 0 Å². The lowest BCUT2D eigenvalue weighted by atomic mass is 9.97. The number of nitrogens with one attached hydrogen (secondary N) is 2. The van der Waals surface area contributed by atoms with Crippen LogP contribution in [-0.4, -0.2) is 51.8 Å². The molecule has 0 aliphatic carbocycles. The van der Waals surface area contributed by atoms with E-state index in [9.17, 15) is 9.59 Å². The zero-order valence-corrected chi connectivity index (χ0v) is 12.7. The summed E-state index contributed by atoms with van der Waals surface area (Å²) >= 11 is 0. The van der Waals surface area contributed by atoms with Crippen molar-refractivity contribution in [1.29, 1.82) is 0 Å². The van der Waals surface area contributed by atoms with Crippen molar-refractivity contribution in [2.75, 3.05) is 19.7 Å². The Morgan fingerprint density at radius 1 is 1.57 bits per heavy atom. The lowest BCUT2D eigenvalue weighted by Gasteiger charge is -2.33. The van der Waals surface area contributed by atoms with Crippen LogP contribution in [-0.2, 0) is 9.53 Å². The number of H-pyrrole nitrogens is 2. The number of carbonyl (C=O) groups excluding carboxylic acids is 1. The standard InChI is InChI=1S/C14H24N4O3/c1-3-4-8-21-10(2)13(19)18-7-5-6-11(9-18)12-15-14(20)17-16-12/h10-11H,3-9H2,1-2H3,(H2,15,16,17,20). The number of amides is 1. The van der Waals surface area contributed by atoms with Gasteiger partial charge in [0.15, 0.2) is 0 Å². The predicted octanol–water partition coefficient (Wildman–Crippen LogP) is 1.01. The summed E-state index contributed by atoms with van der Waals surface area (Å²) in [6.45, 7) is 5.84. The summed E-state index contributed by atoms with van der Waals surface area (Å²) in [5.41, 5.74) is -0.301. The highest BCUT2D eigenvalue weighted by atomic mass is 16.5. The van der Waals surface area contributed by atoms with Gasteiger partial charge in [0, 0.05) is 25.6 Å². The molecule has 2 heterocycles. The monoisotopic (exact) mass is 296 g/mol. The van der Waals surface area contributed by atoms with Gasteiger partial charge < -0.3 is 9.64 Å². The fraction of sp³-hybridized carbons (Fsp3) is 0.786. The summed E-state index contributed by atoms with van der Waals surface area (Å²) < 4.78 is 5.57. The topological polar surface area (TPSA) is 91.1 Å². The fourth-order valence-corrected chi connectivity index (χ4v) is 2.61. The van der Waals surface area contributed by atoms with Gasteiger partial charge in [-0.25, -0.2) is 9.89 Å². The lowest BCUT2D eigenvalue weighted by molar-refractivity contribution is -0.144. The maximum atomic E-state index is 12.4. The summed E-state index contributed by atoms with van der Waals surface area (Å²) in [6, 6.07) is 0. The van der Waals surface area contributed by atoms with E-state index in [0.29, 0.717) is 19.0 Å². The molecule has 7 nitrogen and oxygen atoms in total. The average Bonchev–Trinajstić information content (AvgIpc) is 2.93. The summed E-state index contributed by atoms with van der Waals surface area (Å²) in [5.74, 6) is 0.746. The molecular formula is C14H24N4O3. The number of carbonyl (C=O) groups is 1. The first-order valence-corrected chi connectivity index (χ1v) is 7.66. The van der Waals surface area contributed by atoms with Gasteiger partial charge >= 0.3 is 5.69 Å². The van der Waals surface area contributed by atoms with Crippen LogP contribution in [0.2, 0.25) is 0 Å². The van der Waals surface area contributed by atoms with Crippen LogP contribution in [0.3, 0.4) is 0 Å². The number of aromatic nitrogens is 3. The third-order valence-corrected chi connectivity index (χ3v) is 3.85. The first kappa shape index (κ1) is 15.8. The van der Waals surface area contributed by atoms with E-state index in [0.717, 1.165) is 32.2 Å². The molecule has 1 fully saturated rings. The zero-order chi connectivity index (χ0) is 15.2. The third-order valence-electron chi connectivity index (χ3n) is 3.85. The fourth-order valence-electron chi connectivity index (χ4n) is 2.61. The summed E-state index contributed by atoms with van der Waals surface area (Å²) in [4.78, 5) is 28.0. The van der Waals surface area contributed by atoms with Gasteiger partial charge in [-0.15, -0.1) is 0 Å². The maximum Gasteiger partial charge on any atom is 0.340 e. The van der Waals surface area contributed by atoms with Crippen molar-refractivity contribution in [3.8, 4) is 0 Å². The second-order valence-corrected chi connectivity index (χ2v) is 5.55. The van der Waals surface area contributed by atoms with Crippen molar-refractivity contribution in [3.05, 3.63) is 16.3 Å². The van der Waals surface area contributed by atoms with E-state index in [4.69, 9.17) is 4.74 Å². The molecule has 1 amide bonds. The molecule has 0 aromatic carbocycles. The Balaban J connectivity index is 1.91. The van der Waals surface area contributed by atoms with Crippen molar-refractivity contribution in [3.63, 3.8) is 0 Å². The maximum absolute atomic E-state index is 12.4. The number of aromatic amines is 2. The largest absolute Gasteiger partial charge is 0.369 e. The predicted molar refractivity (Wildman–Crippen MR) is 78.1 cm³/mol. The van der Waals surface area contributed by atoms with Gasteiger partial charge in [0.25, 0.3) is 5.91 Å². The highest BCUT2D eigenvalue weighted by Gasteiger charge is 2.29. The number of hydrogen-bond donors (Lipinski definition) is 2. The molecule has 2 unspecified atom stereocenters. The average molecular weight is 296 g/mol. The molecule has 2 rings (SSSR count). The molecule has 1 aliphatic rings. The summed E-state index contributed by atoms with van der Waals surface area (Å²) in [5, 5.41) is 6.35. The van der Waals surface area contributed by atoms with Gasteiger partial charge in [-0.1, -0.05) is 13.3 Å². The van der Waals surface area contributed by atoms with Gasteiger partial charge in [0.1, 0.15) is 11.9 Å². The van der Waals surface area contributed by atoms with Gasteiger partial charge in [-0.2, -0.15) is 5.10 Å². The number of piperidine rings is 1. The second kappa shape index (κ2) is 7.40. The smallest absolute Gasteiger partial charge is 0.340 e. The first-order valence-electron chi connectivity index (χ1n) is 7.66. The molecule has 21 heavy (non-hydrogen) atoms. The van der Waals surface area contributed by atoms with Crippen LogP contribution in [0.25, 0.3) is 0 Å². The molecule has 0 saturated carbocycles. The van der Waals surface area contributed by atoms with Crippen molar-refractivity contribution in [1.82, 2.24) is 20.1 Å². The molecule has 2 N–H and O–H groups in total. The van der Waals surface area contributed by atoms with Crippen LogP contribution in [0.15, 0.2) is 4.79 Å². The quantitative estimate of drug-likeness (QED) is 0.766. The van der Waals surface area contributed by atoms with Crippen molar-refractivity contribution < 1.29 is 9.53 Å². The molecule has 0 bridgehead atoms. The number of ether oxygens (including phenoxy) is 1. The number of hydrogen-bond acceptors (Lipinski definition) is 4. The summed E-state index contributed by atoms with van der Waals surface area (Å²) in [6.07, 6.45) is 3.45. The Morgan fingerprint density at radius 2 is 2.38 bits per heavy atom. The van der Waals surface area contributed by atoms with E-state index >= 15 is 0 Å². The van der Waals surface area contributed by atoms with Gasteiger partial charge in [-0.3, -0.25) is 9.78 Å². The molecule has 118 valence electrons. The second-order valence-electron chi connectivity index (χ2n) is 5.55. The van der Waals surface area contributed by atoms with Gasteiger partial charge in [0.05, 0.1) is 0 Å². The molecule has 1 aliphatic heterocycles. The molecule has 1 aromatic rings. The minimum Gasteiger partial charge on any atom is -0.369 e. The van der Waals surface area contributed by atoms with Crippen molar-refractivity contribution in [2.45, 2.75) is 51.6 Å². The van der Waals surface area contributed by atoms with Crippen LogP contribution in [0.1, 0.15) is 51.3 Å². The number of rotatable bonds is 6. The van der Waals surface area contributed by atoms with E-state index in [1.165, 1.54) is 0 Å². The van der Waals surface area contributed by atoms with E-state index in [2.05, 4.69) is 22.1 Å². The Kier molecular flexibility index (Phi) is 5.55. The molecule has 2 atom stereocenters. The molecule has 0 spiro atoms. The van der Waals surface area contributed by atoms with Crippen LogP contribution in [0.5, 0.6) is 0 Å². The van der Waals surface area contributed by atoms with Gasteiger partial charge in [0.2, 0.25) is 0 Å². The Morgan fingerprint density at radius 3 is 3.05 bits per heavy atom. The first-order chi connectivity index (χ1) is 10.1. The number of nitrogens with zero attached hydrogens (tertiary/aromatic N) is 2. The zero-order valence-electron chi connectivity index (χ0n) is 12.7. The molecular weight excluding hydrogens is 272 g/mol. The minimum absolute atomic E-state index is 0.0219. The van der Waals surface area contributed by atoms with Crippen molar-refractivity contribution in [2.24, 2.45) is 0 Å². The number of likely N-dealkylation sites (tertiary alicyclic amines) is 1. The van der Waals surface area contributed by atoms with Crippen LogP contribution < -0.4 is 5.69 Å². The van der Waals surface area contributed by atoms with Crippen LogP contribution in [0, 0.1) is 0 Å². The molecule has 1 aromatic heterocycles. The van der Waals surface area contributed by atoms with E-state index in [1.807, 2.05) is 4.90 Å². The highest BCUT2D eigenvalue weighted by molar-refractivity contribution is 5.80. The third kappa shape index (κ3) is 4.17. The summed E-state index contributed by atoms with van der Waals surface area (Å²) in [7, 11) is 0. The SMILES string of the molecule is CCCCOC(C)C(=O)N1CCCC(c2n[nH]c(=O)[nH]2)C1. The lowest BCUT2D eigenvalue weighted by Crippen LogP contribution is -2.44. The molecule has 7 heteroatoms. The van der Waals surface area contributed by atoms with E-state index in [1.54, 1.807) is 6.92 Å². The molecule has 1 saturated heterocycles. The molecule has 0 radical (unpaired) electrons. The Bertz CT molecular complexity index is 510.